The van der Waals surface area contributed by atoms with Crippen molar-refractivity contribution in [2.24, 2.45) is 5.92 Å². The van der Waals surface area contributed by atoms with Gasteiger partial charge in [0.25, 0.3) is 0 Å². The van der Waals surface area contributed by atoms with Gasteiger partial charge >= 0.3 is 0 Å². The number of carbonyl (C=O) groups is 1. The largest absolute Gasteiger partial charge is 0.488 e. The predicted octanol–water partition coefficient (Wildman–Crippen LogP) is 4.70. The van der Waals surface area contributed by atoms with Crippen LogP contribution in [-0.2, 0) is 17.8 Å². The van der Waals surface area contributed by atoms with Gasteiger partial charge in [0.2, 0.25) is 5.91 Å². The van der Waals surface area contributed by atoms with Gasteiger partial charge in [-0.3, -0.25) is 9.69 Å². The van der Waals surface area contributed by atoms with Gasteiger partial charge in [-0.2, -0.15) is 0 Å². The van der Waals surface area contributed by atoms with Gasteiger partial charge in [0, 0.05) is 50.9 Å². The van der Waals surface area contributed by atoms with E-state index in [0.29, 0.717) is 13.1 Å². The smallest absolute Gasteiger partial charge is 0.227 e. The molecule has 0 saturated carbocycles. The van der Waals surface area contributed by atoms with E-state index in [9.17, 15) is 9.90 Å². The Morgan fingerprint density at radius 1 is 1.00 bits per heavy atom. The Bertz CT molecular complexity index is 1200. The maximum Gasteiger partial charge on any atom is 0.227 e. The molecule has 0 aromatic heterocycles. The Balaban J connectivity index is 1.53. The first-order chi connectivity index (χ1) is 18.2. The second-order valence-electron chi connectivity index (χ2n) is 10.8. The predicted molar refractivity (Wildman–Crippen MR) is 155 cm³/mol. The Morgan fingerprint density at radius 3 is 2.34 bits per heavy atom. The quantitative estimate of drug-likeness (QED) is 0.471. The average Bonchev–Trinajstić information content (AvgIpc) is 2.96. The van der Waals surface area contributed by atoms with Crippen LogP contribution in [0.4, 0.5) is 5.69 Å². The Hall–Kier alpha value is -3.35. The minimum absolute atomic E-state index is 0.0201. The number of rotatable bonds is 8. The molecule has 1 aliphatic heterocycles. The Kier molecular flexibility index (Phi) is 9.08. The Morgan fingerprint density at radius 2 is 1.68 bits per heavy atom. The fraction of sp³-hybridized carbons (Fsp3) is 0.406. The topological polar surface area (TPSA) is 56.3 Å². The molecule has 3 aromatic rings. The summed E-state index contributed by atoms with van der Waals surface area (Å²) in [5.41, 5.74) is 5.58. The highest BCUT2D eigenvalue weighted by Crippen LogP contribution is 2.30. The molecule has 4 rings (SSSR count). The summed E-state index contributed by atoms with van der Waals surface area (Å²) in [6.07, 6.45) is 0.136. The molecule has 202 valence electrons. The number of carbonyl (C=O) groups excluding carboxylic acids is 1. The molecule has 38 heavy (non-hydrogen) atoms. The number of aliphatic hydroxyl groups is 1. The number of aliphatic hydroxyl groups excluding tert-OH is 1. The molecule has 3 atom stereocenters. The van der Waals surface area contributed by atoms with Crippen molar-refractivity contribution in [3.05, 3.63) is 83.9 Å². The molecule has 0 saturated heterocycles. The first kappa shape index (κ1) is 27.7. The van der Waals surface area contributed by atoms with E-state index >= 15 is 0 Å². The fourth-order valence-corrected chi connectivity index (χ4v) is 5.03. The molecule has 0 aliphatic carbocycles. The lowest BCUT2D eigenvalue weighted by Gasteiger charge is -2.34. The molecule has 3 aromatic carbocycles. The van der Waals surface area contributed by atoms with Crippen molar-refractivity contribution >= 4 is 11.6 Å². The highest BCUT2D eigenvalue weighted by Gasteiger charge is 2.31. The van der Waals surface area contributed by atoms with E-state index in [1.807, 2.05) is 55.1 Å². The summed E-state index contributed by atoms with van der Waals surface area (Å²) in [5, 5.41) is 9.86. The lowest BCUT2D eigenvalue weighted by atomic mass is 10.0. The van der Waals surface area contributed by atoms with Crippen molar-refractivity contribution in [3.63, 3.8) is 0 Å². The summed E-state index contributed by atoms with van der Waals surface area (Å²) >= 11 is 0. The number of nitrogens with zero attached hydrogens (tertiary/aromatic N) is 3. The van der Waals surface area contributed by atoms with E-state index in [1.165, 1.54) is 16.7 Å². The van der Waals surface area contributed by atoms with Crippen molar-refractivity contribution in [1.82, 2.24) is 9.80 Å². The molecule has 1 amide bonds. The maximum absolute atomic E-state index is 13.3. The van der Waals surface area contributed by atoms with Crippen LogP contribution in [0, 0.1) is 5.92 Å². The van der Waals surface area contributed by atoms with Crippen LogP contribution in [0.5, 0.6) is 5.75 Å². The van der Waals surface area contributed by atoms with Crippen LogP contribution in [0.3, 0.4) is 0 Å². The number of ether oxygens (including phenoxy) is 1. The van der Waals surface area contributed by atoms with Gasteiger partial charge < -0.3 is 19.6 Å². The van der Waals surface area contributed by atoms with Gasteiger partial charge in [0.15, 0.2) is 0 Å². The summed E-state index contributed by atoms with van der Waals surface area (Å²) in [6.45, 7) is 6.03. The van der Waals surface area contributed by atoms with Crippen molar-refractivity contribution < 1.29 is 14.6 Å². The van der Waals surface area contributed by atoms with Gasteiger partial charge in [-0.1, -0.05) is 61.5 Å². The normalized spacial score (nSPS) is 18.7. The molecule has 0 bridgehead atoms. The van der Waals surface area contributed by atoms with Crippen LogP contribution in [0.1, 0.15) is 25.0 Å². The second-order valence-corrected chi connectivity index (χ2v) is 10.8. The Labute approximate surface area is 227 Å². The number of fused-ring (bicyclic) bond motifs is 1. The fourth-order valence-electron chi connectivity index (χ4n) is 5.03. The summed E-state index contributed by atoms with van der Waals surface area (Å²) in [4.78, 5) is 19.5. The van der Waals surface area contributed by atoms with Crippen LogP contribution >= 0.6 is 0 Å². The summed E-state index contributed by atoms with van der Waals surface area (Å²) in [6, 6.07) is 25.0. The SMILES string of the molecule is C[C@@H]1CN([C@@H](C)CO)C(=O)Cc2cc(N(C)C)ccc2O[C@H]1CN(C)Cc1ccc(-c2ccccc2)cc1. The van der Waals surface area contributed by atoms with Gasteiger partial charge in [-0.15, -0.1) is 0 Å². The second kappa shape index (κ2) is 12.5. The lowest BCUT2D eigenvalue weighted by Crippen LogP contribution is -2.47. The zero-order chi connectivity index (χ0) is 27.2. The molecular weight excluding hydrogens is 474 g/mol. The van der Waals surface area contributed by atoms with Crippen LogP contribution in [0.25, 0.3) is 11.1 Å². The van der Waals surface area contributed by atoms with E-state index < -0.39 is 0 Å². The zero-order valence-electron chi connectivity index (χ0n) is 23.3. The lowest BCUT2D eigenvalue weighted by molar-refractivity contribution is -0.134. The average molecular weight is 516 g/mol. The van der Waals surface area contributed by atoms with E-state index in [1.54, 1.807) is 0 Å². The van der Waals surface area contributed by atoms with Crippen LogP contribution in [0.15, 0.2) is 72.8 Å². The van der Waals surface area contributed by atoms with Crippen molar-refractivity contribution in [3.8, 4) is 16.9 Å². The molecule has 0 radical (unpaired) electrons. The van der Waals surface area contributed by atoms with E-state index in [4.69, 9.17) is 4.74 Å². The first-order valence-electron chi connectivity index (χ1n) is 13.4. The van der Waals surface area contributed by atoms with Crippen molar-refractivity contribution in [2.75, 3.05) is 45.7 Å². The zero-order valence-corrected chi connectivity index (χ0v) is 23.3. The van der Waals surface area contributed by atoms with Gasteiger partial charge in [0.05, 0.1) is 19.1 Å². The van der Waals surface area contributed by atoms with Gasteiger partial charge in [0.1, 0.15) is 11.9 Å². The highest BCUT2D eigenvalue weighted by molar-refractivity contribution is 5.80. The molecule has 1 aliphatic rings. The number of amides is 1. The van der Waals surface area contributed by atoms with E-state index in [-0.39, 0.29) is 37.0 Å². The van der Waals surface area contributed by atoms with Crippen molar-refractivity contribution in [1.29, 1.82) is 0 Å². The molecule has 6 heteroatoms. The number of hydrogen-bond acceptors (Lipinski definition) is 5. The molecule has 0 fully saturated rings. The summed E-state index contributed by atoms with van der Waals surface area (Å²) < 4.78 is 6.66. The summed E-state index contributed by atoms with van der Waals surface area (Å²) in [5.74, 6) is 0.863. The van der Waals surface area contributed by atoms with Crippen molar-refractivity contribution in [2.45, 2.75) is 39.0 Å². The number of anilines is 1. The van der Waals surface area contributed by atoms with Crippen LogP contribution in [-0.4, -0.2) is 73.8 Å². The monoisotopic (exact) mass is 515 g/mol. The van der Waals surface area contributed by atoms with Gasteiger partial charge in [-0.05, 0) is 48.9 Å². The minimum atomic E-state index is -0.245. The molecule has 6 nitrogen and oxygen atoms in total. The molecule has 0 spiro atoms. The highest BCUT2D eigenvalue weighted by atomic mass is 16.5. The maximum atomic E-state index is 13.3. The molecular formula is C32H41N3O3. The van der Waals surface area contributed by atoms with Crippen LogP contribution < -0.4 is 9.64 Å². The third kappa shape index (κ3) is 6.74. The first-order valence-corrected chi connectivity index (χ1v) is 13.4. The molecule has 1 heterocycles. The minimum Gasteiger partial charge on any atom is -0.488 e. The molecule has 1 N–H and O–H groups in total. The number of hydrogen-bond donors (Lipinski definition) is 1. The van der Waals surface area contributed by atoms with E-state index in [2.05, 4.69) is 67.4 Å². The van der Waals surface area contributed by atoms with Crippen LogP contribution in [0.2, 0.25) is 0 Å². The summed E-state index contributed by atoms with van der Waals surface area (Å²) in [7, 11) is 6.10. The van der Waals surface area contributed by atoms with E-state index in [0.717, 1.165) is 23.5 Å². The third-order valence-electron chi connectivity index (χ3n) is 7.42. The molecule has 0 unspecified atom stereocenters. The number of likely N-dealkylation sites (N-methyl/N-ethyl adjacent to an activating group) is 1. The van der Waals surface area contributed by atoms with Gasteiger partial charge in [-0.25, -0.2) is 0 Å². The standard InChI is InChI=1S/C32H41N3O3/c1-23-19-35(24(2)22-36)32(37)18-28-17-29(33(3)4)15-16-30(28)38-31(23)21-34(5)20-25-11-13-27(14-12-25)26-9-7-6-8-10-26/h6-17,23-24,31,36H,18-22H2,1-5H3/t23-,24+,31+/m1/s1. The number of benzene rings is 3. The third-order valence-corrected chi connectivity index (χ3v) is 7.42.